The molecule has 0 amide bonds. The highest BCUT2D eigenvalue weighted by Gasteiger charge is 2.34. The molecule has 1 aliphatic heterocycles. The highest BCUT2D eigenvalue weighted by Crippen LogP contribution is 2.25. The summed E-state index contributed by atoms with van der Waals surface area (Å²) in [7, 11) is -2.85. The third-order valence-electron chi connectivity index (χ3n) is 3.85. The van der Waals surface area contributed by atoms with Crippen LogP contribution in [-0.4, -0.2) is 32.0 Å². The van der Waals surface area contributed by atoms with Gasteiger partial charge >= 0.3 is 0 Å². The zero-order valence-electron chi connectivity index (χ0n) is 12.0. The Morgan fingerprint density at radius 1 is 1.17 bits per heavy atom. The first-order valence-electron chi connectivity index (χ1n) is 7.56. The number of hydrogen-bond acceptors (Lipinski definition) is 3. The lowest BCUT2D eigenvalue weighted by atomic mass is 10.0. The molecule has 1 heterocycles. The zero-order chi connectivity index (χ0) is 13.4. The summed E-state index contributed by atoms with van der Waals surface area (Å²) in [6, 6.07) is 0.182. The van der Waals surface area contributed by atoms with E-state index in [1.165, 1.54) is 12.8 Å². The molecule has 2 unspecified atom stereocenters. The maximum Gasteiger partial charge on any atom is 0.154 e. The van der Waals surface area contributed by atoms with Gasteiger partial charge in [-0.25, -0.2) is 8.42 Å². The lowest BCUT2D eigenvalue weighted by Gasteiger charge is -2.31. The van der Waals surface area contributed by atoms with Gasteiger partial charge in [0.25, 0.3) is 0 Å². The van der Waals surface area contributed by atoms with E-state index in [2.05, 4.69) is 19.2 Å². The summed E-state index contributed by atoms with van der Waals surface area (Å²) in [6.45, 7) is 5.25. The van der Waals surface area contributed by atoms with E-state index in [1.54, 1.807) is 0 Å². The first-order chi connectivity index (χ1) is 8.61. The van der Waals surface area contributed by atoms with E-state index in [0.29, 0.717) is 5.75 Å². The summed E-state index contributed by atoms with van der Waals surface area (Å²) < 4.78 is 24.4. The molecule has 1 aliphatic rings. The average molecular weight is 275 g/mol. The van der Waals surface area contributed by atoms with E-state index in [1.807, 2.05) is 0 Å². The minimum atomic E-state index is -2.85. The Kier molecular flexibility index (Phi) is 7.23. The molecule has 0 aromatic heterocycles. The Morgan fingerprint density at radius 3 is 2.56 bits per heavy atom. The summed E-state index contributed by atoms with van der Waals surface area (Å²) in [6.07, 6.45) is 8.40. The number of rotatable bonds is 8. The van der Waals surface area contributed by atoms with Crippen molar-refractivity contribution in [1.82, 2.24) is 5.32 Å². The monoisotopic (exact) mass is 275 g/mol. The normalized spacial score (nSPS) is 24.9. The number of hydrogen-bond donors (Lipinski definition) is 1. The van der Waals surface area contributed by atoms with Crippen LogP contribution in [0.1, 0.15) is 65.2 Å². The SMILES string of the molecule is CCCCCC(NCCC)C1CCCCS1(=O)=O. The van der Waals surface area contributed by atoms with E-state index in [0.717, 1.165) is 45.1 Å². The summed E-state index contributed by atoms with van der Waals surface area (Å²) in [5.41, 5.74) is 0. The van der Waals surface area contributed by atoms with E-state index in [-0.39, 0.29) is 11.3 Å². The molecule has 0 radical (unpaired) electrons. The predicted molar refractivity (Wildman–Crippen MR) is 77.6 cm³/mol. The third-order valence-corrected chi connectivity index (χ3v) is 6.20. The molecule has 0 aliphatic carbocycles. The Morgan fingerprint density at radius 2 is 1.94 bits per heavy atom. The number of sulfone groups is 1. The van der Waals surface area contributed by atoms with Crippen molar-refractivity contribution < 1.29 is 8.42 Å². The Balaban J connectivity index is 2.61. The van der Waals surface area contributed by atoms with Gasteiger partial charge < -0.3 is 5.32 Å². The molecule has 1 rings (SSSR count). The summed E-state index contributed by atoms with van der Waals surface area (Å²) in [4.78, 5) is 0. The molecule has 0 saturated carbocycles. The van der Waals surface area contributed by atoms with Crippen molar-refractivity contribution in [2.75, 3.05) is 12.3 Å². The second kappa shape index (κ2) is 8.16. The largest absolute Gasteiger partial charge is 0.313 e. The predicted octanol–water partition coefficient (Wildman–Crippen LogP) is 2.90. The van der Waals surface area contributed by atoms with Crippen molar-refractivity contribution in [2.24, 2.45) is 0 Å². The van der Waals surface area contributed by atoms with Crippen molar-refractivity contribution in [2.45, 2.75) is 76.5 Å². The van der Waals surface area contributed by atoms with Gasteiger partial charge in [-0.2, -0.15) is 0 Å². The van der Waals surface area contributed by atoms with Crippen molar-refractivity contribution in [1.29, 1.82) is 0 Å². The fourth-order valence-corrected chi connectivity index (χ4v) is 4.96. The van der Waals surface area contributed by atoms with Gasteiger partial charge in [0.15, 0.2) is 9.84 Å². The summed E-state index contributed by atoms with van der Waals surface area (Å²) in [5, 5.41) is 3.34. The van der Waals surface area contributed by atoms with Crippen LogP contribution in [0.4, 0.5) is 0 Å². The highest BCUT2D eigenvalue weighted by molar-refractivity contribution is 7.92. The van der Waals surface area contributed by atoms with Crippen LogP contribution in [0.15, 0.2) is 0 Å². The maximum atomic E-state index is 12.2. The lowest BCUT2D eigenvalue weighted by molar-refractivity contribution is 0.405. The summed E-state index contributed by atoms with van der Waals surface area (Å²) >= 11 is 0. The van der Waals surface area contributed by atoms with E-state index < -0.39 is 9.84 Å². The maximum absolute atomic E-state index is 12.2. The first kappa shape index (κ1) is 16.0. The number of unbranched alkanes of at least 4 members (excludes halogenated alkanes) is 2. The Bertz CT molecular complexity index is 314. The van der Waals surface area contributed by atoms with Crippen LogP contribution in [0, 0.1) is 0 Å². The topological polar surface area (TPSA) is 46.2 Å². The van der Waals surface area contributed by atoms with Gasteiger partial charge in [0.2, 0.25) is 0 Å². The molecule has 0 aromatic carbocycles. The molecule has 108 valence electrons. The van der Waals surface area contributed by atoms with Crippen LogP contribution < -0.4 is 5.32 Å². The molecule has 2 atom stereocenters. The van der Waals surface area contributed by atoms with Crippen molar-refractivity contribution in [3.63, 3.8) is 0 Å². The highest BCUT2D eigenvalue weighted by atomic mass is 32.2. The van der Waals surface area contributed by atoms with Gasteiger partial charge in [0, 0.05) is 6.04 Å². The number of nitrogens with one attached hydrogen (secondary N) is 1. The molecule has 3 nitrogen and oxygen atoms in total. The van der Waals surface area contributed by atoms with Crippen LogP contribution in [0.5, 0.6) is 0 Å². The fraction of sp³-hybridized carbons (Fsp3) is 1.00. The average Bonchev–Trinajstić information content (AvgIpc) is 2.34. The van der Waals surface area contributed by atoms with Gasteiger partial charge in [-0.3, -0.25) is 0 Å². The zero-order valence-corrected chi connectivity index (χ0v) is 12.8. The molecule has 1 N–H and O–H groups in total. The smallest absolute Gasteiger partial charge is 0.154 e. The standard InChI is InChI=1S/C14H29NO2S/c1-3-5-6-9-13(15-11-4-2)14-10-7-8-12-18(14,16)17/h13-15H,3-12H2,1-2H3. The van der Waals surface area contributed by atoms with Gasteiger partial charge in [0.1, 0.15) is 0 Å². The van der Waals surface area contributed by atoms with Gasteiger partial charge in [-0.15, -0.1) is 0 Å². The van der Waals surface area contributed by atoms with Crippen molar-refractivity contribution >= 4 is 9.84 Å². The van der Waals surface area contributed by atoms with Crippen molar-refractivity contribution in [3.8, 4) is 0 Å². The van der Waals surface area contributed by atoms with Crippen molar-refractivity contribution in [3.05, 3.63) is 0 Å². The van der Waals surface area contributed by atoms with Gasteiger partial charge in [-0.1, -0.05) is 39.5 Å². The second-order valence-corrected chi connectivity index (χ2v) is 7.80. The molecule has 18 heavy (non-hydrogen) atoms. The van der Waals surface area contributed by atoms with E-state index in [4.69, 9.17) is 0 Å². The van der Waals surface area contributed by atoms with Crippen LogP contribution in [0.25, 0.3) is 0 Å². The van der Waals surface area contributed by atoms with Crippen LogP contribution in [0.3, 0.4) is 0 Å². The molecule has 0 bridgehead atoms. The molecule has 0 spiro atoms. The molecule has 1 saturated heterocycles. The minimum Gasteiger partial charge on any atom is -0.313 e. The van der Waals surface area contributed by atoms with Gasteiger partial charge in [0.05, 0.1) is 11.0 Å². The second-order valence-electron chi connectivity index (χ2n) is 5.46. The molecular weight excluding hydrogens is 246 g/mol. The Labute approximate surface area is 113 Å². The molecule has 0 aromatic rings. The lowest BCUT2D eigenvalue weighted by Crippen LogP contribution is -2.46. The first-order valence-corrected chi connectivity index (χ1v) is 9.28. The van der Waals surface area contributed by atoms with E-state index in [9.17, 15) is 8.42 Å². The van der Waals surface area contributed by atoms with Gasteiger partial charge in [-0.05, 0) is 32.2 Å². The fourth-order valence-electron chi connectivity index (χ4n) is 2.79. The molecular formula is C14H29NO2S. The van der Waals surface area contributed by atoms with Crippen LogP contribution in [-0.2, 0) is 9.84 Å². The molecule has 4 heteroatoms. The third kappa shape index (κ3) is 4.88. The summed E-state index contributed by atoms with van der Waals surface area (Å²) in [5.74, 6) is 0.399. The Hall–Kier alpha value is -0.0900. The van der Waals surface area contributed by atoms with Crippen LogP contribution in [0.2, 0.25) is 0 Å². The minimum absolute atomic E-state index is 0.130. The quantitative estimate of drug-likeness (QED) is 0.693. The molecule has 1 fully saturated rings. The van der Waals surface area contributed by atoms with Crippen LogP contribution >= 0.6 is 0 Å². The van der Waals surface area contributed by atoms with E-state index >= 15 is 0 Å².